The molecule has 0 unspecified atom stereocenters. The number of hydrogen-bond acceptors (Lipinski definition) is 3. The average molecular weight is 564 g/mol. The zero-order chi connectivity index (χ0) is 29.0. The van der Waals surface area contributed by atoms with Gasteiger partial charge in [0.2, 0.25) is 0 Å². The van der Waals surface area contributed by atoms with Gasteiger partial charge in [0.1, 0.15) is 16.8 Å². The predicted octanol–water partition coefficient (Wildman–Crippen LogP) is 10.5. The lowest BCUT2D eigenvalue weighted by molar-refractivity contribution is 0.667. The molecule has 6 aromatic carbocycles. The van der Waals surface area contributed by atoms with Crippen molar-refractivity contribution in [3.8, 4) is 39.5 Å². The lowest BCUT2D eigenvalue weighted by Gasteiger charge is -2.09. The molecule has 0 spiro atoms. The molecule has 0 bridgehead atoms. The van der Waals surface area contributed by atoms with Gasteiger partial charge in [-0.15, -0.1) is 0 Å². The molecule has 0 aliphatic carbocycles. The van der Waals surface area contributed by atoms with Crippen LogP contribution in [-0.2, 0) is 0 Å². The second-order valence-electron chi connectivity index (χ2n) is 11.0. The summed E-state index contributed by atoms with van der Waals surface area (Å²) in [4.78, 5) is 10.2. The Balaban J connectivity index is 1.27. The number of para-hydroxylation sites is 3. The van der Waals surface area contributed by atoms with Crippen LogP contribution in [0.25, 0.3) is 83.3 Å². The van der Waals surface area contributed by atoms with Crippen molar-refractivity contribution in [2.24, 2.45) is 0 Å². The first-order chi connectivity index (χ1) is 21.8. The van der Waals surface area contributed by atoms with Crippen LogP contribution in [0.15, 0.2) is 156 Å². The van der Waals surface area contributed by atoms with Crippen molar-refractivity contribution in [3.63, 3.8) is 0 Å². The average Bonchev–Trinajstić information content (AvgIpc) is 3.64. The van der Waals surface area contributed by atoms with E-state index in [-0.39, 0.29) is 0 Å². The van der Waals surface area contributed by atoms with Crippen molar-refractivity contribution in [1.82, 2.24) is 14.5 Å². The van der Waals surface area contributed by atoms with E-state index in [4.69, 9.17) is 14.4 Å². The summed E-state index contributed by atoms with van der Waals surface area (Å²) in [5, 5.41) is 3.34. The normalized spacial score (nSPS) is 11.6. The SMILES string of the molecule is c1ccc(-c2ccc(-c3nc(-c4ccc5c(c4)c4ccccc4n5-c4ccccc4)c4oc5ccccc5c4n3)cc2)cc1. The number of benzene rings is 6. The van der Waals surface area contributed by atoms with E-state index >= 15 is 0 Å². The summed E-state index contributed by atoms with van der Waals surface area (Å²) < 4.78 is 8.77. The van der Waals surface area contributed by atoms with Crippen molar-refractivity contribution in [2.45, 2.75) is 0 Å². The molecule has 0 radical (unpaired) electrons. The molecule has 0 aliphatic rings. The maximum Gasteiger partial charge on any atom is 0.180 e. The molecule has 9 rings (SSSR count). The third kappa shape index (κ3) is 3.85. The fourth-order valence-corrected chi connectivity index (χ4v) is 6.33. The van der Waals surface area contributed by atoms with Crippen molar-refractivity contribution >= 4 is 43.9 Å². The molecular formula is C40H25N3O. The standard InChI is InChI=1S/C40H25N3O/c1-3-11-26(12-4-1)27-19-21-28(22-20-27)40-41-37(39-38(42-40)32-16-8-10-18-36(32)44-39)29-23-24-35-33(25-29)31-15-7-9-17-34(31)43(35)30-13-5-2-6-14-30/h1-25H. The van der Waals surface area contributed by atoms with E-state index in [1.807, 2.05) is 24.3 Å². The maximum atomic E-state index is 6.45. The van der Waals surface area contributed by atoms with E-state index in [1.54, 1.807) is 0 Å². The molecule has 0 aliphatic heterocycles. The summed E-state index contributed by atoms with van der Waals surface area (Å²) in [6.45, 7) is 0. The van der Waals surface area contributed by atoms with Gasteiger partial charge in [-0.2, -0.15) is 0 Å². The van der Waals surface area contributed by atoms with E-state index in [1.165, 1.54) is 21.9 Å². The molecule has 0 fully saturated rings. The van der Waals surface area contributed by atoms with E-state index in [0.29, 0.717) is 11.4 Å². The second kappa shape index (κ2) is 9.79. The van der Waals surface area contributed by atoms with Crippen LogP contribution in [0.4, 0.5) is 0 Å². The third-order valence-electron chi connectivity index (χ3n) is 8.43. The Bertz CT molecular complexity index is 2470. The lowest BCUT2D eigenvalue weighted by Crippen LogP contribution is -1.95. The molecule has 3 aromatic heterocycles. The molecule has 206 valence electrons. The Morgan fingerprint density at radius 1 is 0.455 bits per heavy atom. The highest BCUT2D eigenvalue weighted by molar-refractivity contribution is 6.12. The predicted molar refractivity (Wildman–Crippen MR) is 180 cm³/mol. The molecular weight excluding hydrogens is 538 g/mol. The molecule has 0 saturated carbocycles. The van der Waals surface area contributed by atoms with E-state index in [0.717, 1.165) is 50.1 Å². The van der Waals surface area contributed by atoms with Crippen LogP contribution in [0, 0.1) is 0 Å². The van der Waals surface area contributed by atoms with Crippen LogP contribution in [0.1, 0.15) is 0 Å². The minimum atomic E-state index is 0.672. The van der Waals surface area contributed by atoms with Gasteiger partial charge in [0, 0.05) is 33.0 Å². The molecule has 0 saturated heterocycles. The van der Waals surface area contributed by atoms with Gasteiger partial charge in [0.05, 0.1) is 11.0 Å². The van der Waals surface area contributed by atoms with Crippen LogP contribution in [-0.4, -0.2) is 14.5 Å². The van der Waals surface area contributed by atoms with Crippen LogP contribution in [0.5, 0.6) is 0 Å². The summed E-state index contributed by atoms with van der Waals surface area (Å²) in [6, 6.07) is 52.6. The molecule has 9 aromatic rings. The van der Waals surface area contributed by atoms with Gasteiger partial charge in [-0.25, -0.2) is 9.97 Å². The van der Waals surface area contributed by atoms with Crippen LogP contribution >= 0.6 is 0 Å². The molecule has 0 amide bonds. The largest absolute Gasteiger partial charge is 0.452 e. The van der Waals surface area contributed by atoms with Crippen molar-refractivity contribution < 1.29 is 4.42 Å². The van der Waals surface area contributed by atoms with Gasteiger partial charge in [0.15, 0.2) is 11.4 Å². The van der Waals surface area contributed by atoms with Gasteiger partial charge in [-0.3, -0.25) is 0 Å². The number of hydrogen-bond donors (Lipinski definition) is 0. The monoisotopic (exact) mass is 563 g/mol. The molecule has 0 atom stereocenters. The minimum Gasteiger partial charge on any atom is -0.452 e. The van der Waals surface area contributed by atoms with E-state index in [2.05, 4.69) is 132 Å². The Morgan fingerprint density at radius 3 is 1.89 bits per heavy atom. The fraction of sp³-hybridized carbons (Fsp3) is 0. The Labute approximate surface area is 253 Å². The van der Waals surface area contributed by atoms with E-state index in [9.17, 15) is 0 Å². The number of furan rings is 1. The molecule has 0 N–H and O–H groups in total. The molecule has 4 nitrogen and oxygen atoms in total. The molecule has 3 heterocycles. The summed E-state index contributed by atoms with van der Waals surface area (Å²) in [6.07, 6.45) is 0. The molecule has 44 heavy (non-hydrogen) atoms. The summed E-state index contributed by atoms with van der Waals surface area (Å²) >= 11 is 0. The van der Waals surface area contributed by atoms with Crippen molar-refractivity contribution in [2.75, 3.05) is 0 Å². The van der Waals surface area contributed by atoms with Gasteiger partial charge >= 0.3 is 0 Å². The van der Waals surface area contributed by atoms with Crippen LogP contribution in [0.2, 0.25) is 0 Å². The lowest BCUT2D eigenvalue weighted by atomic mass is 10.0. The summed E-state index contributed by atoms with van der Waals surface area (Å²) in [5.41, 5.74) is 10.8. The van der Waals surface area contributed by atoms with Crippen LogP contribution < -0.4 is 0 Å². The van der Waals surface area contributed by atoms with Gasteiger partial charge < -0.3 is 8.98 Å². The topological polar surface area (TPSA) is 43.9 Å². The zero-order valence-electron chi connectivity index (χ0n) is 23.7. The molecule has 4 heteroatoms. The first-order valence-corrected chi connectivity index (χ1v) is 14.8. The Kier molecular flexibility index (Phi) is 5.47. The van der Waals surface area contributed by atoms with Crippen molar-refractivity contribution in [3.05, 3.63) is 152 Å². The highest BCUT2D eigenvalue weighted by atomic mass is 16.3. The number of rotatable bonds is 4. The van der Waals surface area contributed by atoms with Gasteiger partial charge in [-0.05, 0) is 53.6 Å². The third-order valence-corrected chi connectivity index (χ3v) is 8.43. The number of nitrogens with zero attached hydrogens (tertiary/aromatic N) is 3. The summed E-state index contributed by atoms with van der Waals surface area (Å²) in [5.74, 6) is 0.672. The maximum absolute atomic E-state index is 6.45. The van der Waals surface area contributed by atoms with Gasteiger partial charge in [0.25, 0.3) is 0 Å². The smallest absolute Gasteiger partial charge is 0.180 e. The number of fused-ring (bicyclic) bond motifs is 6. The second-order valence-corrected chi connectivity index (χ2v) is 11.0. The quantitative estimate of drug-likeness (QED) is 0.214. The van der Waals surface area contributed by atoms with Crippen LogP contribution in [0.3, 0.4) is 0 Å². The first-order valence-electron chi connectivity index (χ1n) is 14.8. The Morgan fingerprint density at radius 2 is 1.07 bits per heavy atom. The fourth-order valence-electron chi connectivity index (χ4n) is 6.33. The zero-order valence-corrected chi connectivity index (χ0v) is 23.7. The highest BCUT2D eigenvalue weighted by Gasteiger charge is 2.20. The van der Waals surface area contributed by atoms with Gasteiger partial charge in [-0.1, -0.05) is 109 Å². The van der Waals surface area contributed by atoms with Crippen molar-refractivity contribution in [1.29, 1.82) is 0 Å². The highest BCUT2D eigenvalue weighted by Crippen LogP contribution is 2.39. The summed E-state index contributed by atoms with van der Waals surface area (Å²) in [7, 11) is 0. The minimum absolute atomic E-state index is 0.672. The Hall–Kier alpha value is -6.00. The number of aromatic nitrogens is 3. The van der Waals surface area contributed by atoms with E-state index < -0.39 is 0 Å². The first kappa shape index (κ1) is 24.6.